The van der Waals surface area contributed by atoms with Gasteiger partial charge in [-0.1, -0.05) is 24.3 Å². The minimum Gasteiger partial charge on any atom is -0.460 e. The number of esters is 1. The molecule has 18 heavy (non-hydrogen) atoms. The summed E-state index contributed by atoms with van der Waals surface area (Å²) >= 11 is 0. The first-order chi connectivity index (χ1) is 8.58. The maximum absolute atomic E-state index is 11.4. The minimum absolute atomic E-state index is 0.186. The smallest absolute Gasteiger partial charge is 0.330 e. The standard InChI is InChI=1S/C14H20O4/c1-11-5-4-8-12(15)6-2-3-7-13(16)9-10-14(17)18-11/h2-3,6-7,9-13,15-16H,4-5,8H2,1H3. The van der Waals surface area contributed by atoms with Crippen molar-refractivity contribution in [2.45, 2.75) is 44.5 Å². The van der Waals surface area contributed by atoms with Gasteiger partial charge in [-0.3, -0.25) is 0 Å². The van der Waals surface area contributed by atoms with E-state index in [-0.39, 0.29) is 6.10 Å². The van der Waals surface area contributed by atoms with Gasteiger partial charge in [-0.25, -0.2) is 4.79 Å². The average molecular weight is 252 g/mol. The molecular weight excluding hydrogens is 232 g/mol. The third-order valence-corrected chi connectivity index (χ3v) is 2.61. The van der Waals surface area contributed by atoms with Gasteiger partial charge in [0.2, 0.25) is 0 Å². The molecule has 1 aliphatic heterocycles. The highest BCUT2D eigenvalue weighted by atomic mass is 16.5. The Labute approximate surface area is 107 Å². The van der Waals surface area contributed by atoms with E-state index in [1.807, 2.05) is 6.92 Å². The number of hydrogen-bond donors (Lipinski definition) is 2. The molecule has 0 amide bonds. The first-order valence-corrected chi connectivity index (χ1v) is 6.18. The van der Waals surface area contributed by atoms with Crippen LogP contribution in [0.15, 0.2) is 36.5 Å². The molecule has 0 bridgehead atoms. The van der Waals surface area contributed by atoms with Gasteiger partial charge in [0.25, 0.3) is 0 Å². The van der Waals surface area contributed by atoms with Gasteiger partial charge in [0, 0.05) is 6.08 Å². The lowest BCUT2D eigenvalue weighted by Gasteiger charge is -2.13. The van der Waals surface area contributed by atoms with Crippen molar-refractivity contribution in [2.24, 2.45) is 0 Å². The Morgan fingerprint density at radius 1 is 1.17 bits per heavy atom. The Hall–Kier alpha value is -1.39. The van der Waals surface area contributed by atoms with Crippen LogP contribution in [-0.4, -0.2) is 34.5 Å². The summed E-state index contributed by atoms with van der Waals surface area (Å²) in [6.45, 7) is 1.82. The number of carbonyl (C=O) groups excluding carboxylic acids is 1. The average Bonchev–Trinajstić information content (AvgIpc) is 2.31. The highest BCUT2D eigenvalue weighted by molar-refractivity contribution is 5.82. The van der Waals surface area contributed by atoms with Crippen molar-refractivity contribution in [3.05, 3.63) is 36.5 Å². The Balaban J connectivity index is 2.68. The third kappa shape index (κ3) is 6.37. The molecular formula is C14H20O4. The van der Waals surface area contributed by atoms with Gasteiger partial charge in [-0.15, -0.1) is 0 Å². The minimum atomic E-state index is -0.836. The maximum atomic E-state index is 11.4. The number of ether oxygens (including phenoxy) is 1. The van der Waals surface area contributed by atoms with Crippen LogP contribution in [-0.2, 0) is 9.53 Å². The third-order valence-electron chi connectivity index (χ3n) is 2.61. The van der Waals surface area contributed by atoms with E-state index in [1.165, 1.54) is 18.2 Å². The van der Waals surface area contributed by atoms with Crippen molar-refractivity contribution in [3.63, 3.8) is 0 Å². The maximum Gasteiger partial charge on any atom is 0.330 e. The molecule has 0 saturated carbocycles. The second-order valence-corrected chi connectivity index (χ2v) is 4.37. The summed E-state index contributed by atoms with van der Waals surface area (Å²) in [7, 11) is 0. The van der Waals surface area contributed by atoms with Crippen LogP contribution in [0.3, 0.4) is 0 Å². The Bertz CT molecular complexity index is 344. The van der Waals surface area contributed by atoms with Gasteiger partial charge in [-0.2, -0.15) is 0 Å². The molecule has 1 rings (SSSR count). The number of rotatable bonds is 0. The number of cyclic esters (lactones) is 1. The highest BCUT2D eigenvalue weighted by Gasteiger charge is 2.08. The lowest BCUT2D eigenvalue weighted by molar-refractivity contribution is -0.142. The molecule has 0 spiro atoms. The second kappa shape index (κ2) is 7.84. The largest absolute Gasteiger partial charge is 0.460 e. The summed E-state index contributed by atoms with van der Waals surface area (Å²) in [5, 5.41) is 19.1. The van der Waals surface area contributed by atoms with E-state index in [1.54, 1.807) is 18.2 Å². The summed E-state index contributed by atoms with van der Waals surface area (Å²) < 4.78 is 5.12. The quantitative estimate of drug-likeness (QED) is 0.641. The fraction of sp³-hybridized carbons (Fsp3) is 0.500. The van der Waals surface area contributed by atoms with E-state index in [4.69, 9.17) is 4.74 Å². The van der Waals surface area contributed by atoms with Crippen molar-refractivity contribution >= 4 is 5.97 Å². The van der Waals surface area contributed by atoms with E-state index in [0.717, 1.165) is 6.42 Å². The van der Waals surface area contributed by atoms with Crippen LogP contribution in [0.4, 0.5) is 0 Å². The van der Waals surface area contributed by atoms with Crippen molar-refractivity contribution in [2.75, 3.05) is 0 Å². The predicted molar refractivity (Wildman–Crippen MR) is 68.8 cm³/mol. The number of hydrogen-bond acceptors (Lipinski definition) is 4. The van der Waals surface area contributed by atoms with E-state index in [2.05, 4.69) is 0 Å². The first-order valence-electron chi connectivity index (χ1n) is 6.18. The highest BCUT2D eigenvalue weighted by Crippen LogP contribution is 2.09. The molecule has 0 aromatic carbocycles. The van der Waals surface area contributed by atoms with Gasteiger partial charge < -0.3 is 14.9 Å². The summed E-state index contributed by atoms with van der Waals surface area (Å²) in [5.41, 5.74) is 0. The molecule has 4 heteroatoms. The molecule has 2 N–H and O–H groups in total. The summed E-state index contributed by atoms with van der Waals surface area (Å²) in [5.74, 6) is -0.455. The molecule has 3 unspecified atom stereocenters. The van der Waals surface area contributed by atoms with Crippen LogP contribution in [0.2, 0.25) is 0 Å². The summed E-state index contributed by atoms with van der Waals surface area (Å²) in [4.78, 5) is 11.4. The number of allylic oxidation sites excluding steroid dienone is 2. The topological polar surface area (TPSA) is 66.8 Å². The predicted octanol–water partition coefficient (Wildman–Crippen LogP) is 1.49. The number of aliphatic hydroxyl groups excluding tert-OH is 2. The van der Waals surface area contributed by atoms with Crippen LogP contribution in [0, 0.1) is 0 Å². The molecule has 100 valence electrons. The van der Waals surface area contributed by atoms with Crippen molar-refractivity contribution in [1.29, 1.82) is 0 Å². The van der Waals surface area contributed by atoms with Crippen LogP contribution >= 0.6 is 0 Å². The first kappa shape index (κ1) is 14.7. The Morgan fingerprint density at radius 3 is 2.67 bits per heavy atom. The van der Waals surface area contributed by atoms with Gasteiger partial charge in [-0.05, 0) is 32.3 Å². The molecule has 3 atom stereocenters. The van der Waals surface area contributed by atoms with Gasteiger partial charge in [0.1, 0.15) is 0 Å². The molecule has 1 heterocycles. The number of aliphatic hydroxyl groups is 2. The van der Waals surface area contributed by atoms with E-state index in [0.29, 0.717) is 12.8 Å². The Kier molecular flexibility index (Phi) is 6.39. The fourth-order valence-corrected chi connectivity index (χ4v) is 1.62. The van der Waals surface area contributed by atoms with E-state index < -0.39 is 18.2 Å². The van der Waals surface area contributed by atoms with E-state index in [9.17, 15) is 15.0 Å². The van der Waals surface area contributed by atoms with Crippen LogP contribution in [0.1, 0.15) is 26.2 Å². The molecule has 0 fully saturated rings. The molecule has 0 aromatic rings. The lowest BCUT2D eigenvalue weighted by atomic mass is 10.1. The van der Waals surface area contributed by atoms with Crippen molar-refractivity contribution in [3.8, 4) is 0 Å². The molecule has 0 aromatic heterocycles. The van der Waals surface area contributed by atoms with Crippen LogP contribution in [0.5, 0.6) is 0 Å². The fourth-order valence-electron chi connectivity index (χ4n) is 1.62. The van der Waals surface area contributed by atoms with Gasteiger partial charge in [0.05, 0.1) is 18.3 Å². The SMILES string of the molecule is CC1CCCC(O)C=CC=CC(O)C=CC(=O)O1. The molecule has 0 aliphatic carbocycles. The molecule has 0 saturated heterocycles. The van der Waals surface area contributed by atoms with Gasteiger partial charge in [0.15, 0.2) is 0 Å². The lowest BCUT2D eigenvalue weighted by Crippen LogP contribution is -2.14. The normalized spacial score (nSPS) is 30.8. The number of carbonyl (C=O) groups is 1. The summed E-state index contributed by atoms with van der Waals surface area (Å²) in [6.07, 6.45) is 9.71. The van der Waals surface area contributed by atoms with E-state index >= 15 is 0 Å². The van der Waals surface area contributed by atoms with Gasteiger partial charge >= 0.3 is 5.97 Å². The van der Waals surface area contributed by atoms with Crippen molar-refractivity contribution < 1.29 is 19.7 Å². The zero-order valence-electron chi connectivity index (χ0n) is 10.5. The Morgan fingerprint density at radius 2 is 1.89 bits per heavy atom. The van der Waals surface area contributed by atoms with Crippen LogP contribution < -0.4 is 0 Å². The second-order valence-electron chi connectivity index (χ2n) is 4.37. The van der Waals surface area contributed by atoms with Crippen LogP contribution in [0.25, 0.3) is 0 Å². The monoisotopic (exact) mass is 252 g/mol. The molecule has 1 aliphatic rings. The van der Waals surface area contributed by atoms with Crippen molar-refractivity contribution in [1.82, 2.24) is 0 Å². The molecule has 4 nitrogen and oxygen atoms in total. The summed E-state index contributed by atoms with van der Waals surface area (Å²) in [6, 6.07) is 0. The zero-order chi connectivity index (χ0) is 13.4. The zero-order valence-corrected chi connectivity index (χ0v) is 10.5. The molecule has 0 radical (unpaired) electrons.